The molecule has 1 aromatic heterocycles. The highest BCUT2D eigenvalue weighted by molar-refractivity contribution is 5.21. The van der Waals surface area contributed by atoms with Gasteiger partial charge in [0.1, 0.15) is 11.9 Å². The molecule has 1 unspecified atom stereocenters. The van der Waals surface area contributed by atoms with Crippen LogP contribution in [0.1, 0.15) is 216 Å². The van der Waals surface area contributed by atoms with E-state index in [1.54, 1.807) is 0 Å². The van der Waals surface area contributed by atoms with Crippen molar-refractivity contribution in [3.63, 3.8) is 0 Å². The maximum Gasteiger partial charge on any atom is 0.261 e. The Labute approximate surface area is 317 Å². The van der Waals surface area contributed by atoms with E-state index in [1.807, 2.05) is 0 Å². The number of hydrogen-bond donors (Lipinski definition) is 0. The van der Waals surface area contributed by atoms with Crippen LogP contribution < -0.4 is 4.57 Å². The van der Waals surface area contributed by atoms with Gasteiger partial charge in [-0.05, 0) is 42.7 Å². The Hall–Kier alpha value is -2.35. The summed E-state index contributed by atoms with van der Waals surface area (Å²) < 4.78 is 5.42. The molecule has 0 fully saturated rings. The molecule has 2 heteroatoms. The van der Waals surface area contributed by atoms with Crippen molar-refractivity contribution < 1.29 is 4.57 Å². The normalized spacial score (nSPS) is 12.1. The molecule has 0 bridgehead atoms. The van der Waals surface area contributed by atoms with E-state index in [0.29, 0.717) is 5.92 Å². The molecular formula is C49H81N2+. The first kappa shape index (κ1) is 43.1. The van der Waals surface area contributed by atoms with Crippen molar-refractivity contribution in [2.45, 2.75) is 220 Å². The van der Waals surface area contributed by atoms with Crippen molar-refractivity contribution in [1.82, 2.24) is 4.57 Å². The molecule has 3 rings (SSSR count). The zero-order valence-electron chi connectivity index (χ0n) is 34.0. The number of nitrogens with zero attached hydrogens (tertiary/aromatic N) is 2. The minimum atomic E-state index is 0.515. The van der Waals surface area contributed by atoms with Gasteiger partial charge in [0.25, 0.3) is 5.82 Å². The van der Waals surface area contributed by atoms with Crippen LogP contribution in [0, 0.1) is 0 Å². The summed E-state index contributed by atoms with van der Waals surface area (Å²) in [6.45, 7) is 9.35. The Bertz CT molecular complexity index is 1200. The monoisotopic (exact) mass is 698 g/mol. The lowest BCUT2D eigenvalue weighted by Gasteiger charge is -2.12. The molecule has 0 radical (unpaired) electrons. The first-order valence-electron chi connectivity index (χ1n) is 22.4. The molecule has 3 aromatic rings. The zero-order chi connectivity index (χ0) is 36.0. The fourth-order valence-electron chi connectivity index (χ4n) is 8.05. The molecular weight excluding hydrogens is 617 g/mol. The number of aromatic nitrogens is 2. The van der Waals surface area contributed by atoms with Gasteiger partial charge in [-0.2, -0.15) is 0 Å². The third kappa shape index (κ3) is 19.3. The number of imidazole rings is 1. The van der Waals surface area contributed by atoms with Crippen LogP contribution >= 0.6 is 0 Å². The summed E-state index contributed by atoms with van der Waals surface area (Å²) in [5.41, 5.74) is 4.42. The van der Waals surface area contributed by atoms with E-state index in [-0.39, 0.29) is 0 Å². The summed E-state index contributed by atoms with van der Waals surface area (Å²) in [6.07, 6.45) is 41.4. The van der Waals surface area contributed by atoms with E-state index >= 15 is 0 Å². The molecule has 1 heterocycles. The first-order valence-corrected chi connectivity index (χ1v) is 22.4. The van der Waals surface area contributed by atoms with Gasteiger partial charge in [0.05, 0.1) is 19.5 Å². The maximum atomic E-state index is 2.75. The largest absolute Gasteiger partial charge is 0.261 e. The van der Waals surface area contributed by atoms with Crippen LogP contribution in [0.2, 0.25) is 0 Å². The molecule has 0 amide bonds. The highest BCUT2D eigenvalue weighted by atomic mass is 15.2. The quantitative estimate of drug-likeness (QED) is 0.0442. The molecule has 0 saturated carbocycles. The summed E-state index contributed by atoms with van der Waals surface area (Å²) in [7, 11) is 0. The SMILES string of the molecule is CCCCCCCCCCCCCCCCCCCn1cc(CC(C)c2ccccc2)[n+](CCCCCCCCCCC)c1Cc1ccccc1. The lowest BCUT2D eigenvalue weighted by Crippen LogP contribution is -2.41. The topological polar surface area (TPSA) is 8.81 Å². The lowest BCUT2D eigenvalue weighted by molar-refractivity contribution is -0.710. The van der Waals surface area contributed by atoms with Gasteiger partial charge in [0.15, 0.2) is 0 Å². The van der Waals surface area contributed by atoms with Gasteiger partial charge < -0.3 is 0 Å². The second-order valence-electron chi connectivity index (χ2n) is 16.0. The fourth-order valence-corrected chi connectivity index (χ4v) is 8.05. The average molecular weight is 698 g/mol. The van der Waals surface area contributed by atoms with Gasteiger partial charge in [-0.1, -0.05) is 223 Å². The highest BCUT2D eigenvalue weighted by Crippen LogP contribution is 2.22. The van der Waals surface area contributed by atoms with Gasteiger partial charge in [-0.3, -0.25) is 0 Å². The predicted octanol–water partition coefficient (Wildman–Crippen LogP) is 14.9. The zero-order valence-corrected chi connectivity index (χ0v) is 34.0. The third-order valence-corrected chi connectivity index (χ3v) is 11.4. The Morgan fingerprint density at radius 3 is 1.37 bits per heavy atom. The third-order valence-electron chi connectivity index (χ3n) is 11.4. The van der Waals surface area contributed by atoms with Crippen molar-refractivity contribution in [3.8, 4) is 0 Å². The Kier molecular flexibility index (Phi) is 24.6. The molecule has 0 aliphatic carbocycles. The Morgan fingerprint density at radius 1 is 0.490 bits per heavy atom. The van der Waals surface area contributed by atoms with Gasteiger partial charge in [-0.15, -0.1) is 0 Å². The van der Waals surface area contributed by atoms with E-state index in [0.717, 1.165) is 25.9 Å². The van der Waals surface area contributed by atoms with E-state index < -0.39 is 0 Å². The number of hydrogen-bond acceptors (Lipinski definition) is 0. The summed E-state index contributed by atoms with van der Waals surface area (Å²) in [6, 6.07) is 22.4. The smallest absolute Gasteiger partial charge is 0.234 e. The van der Waals surface area contributed by atoms with Gasteiger partial charge in [-0.25, -0.2) is 9.13 Å². The summed E-state index contributed by atoms with van der Waals surface area (Å²) >= 11 is 0. The number of benzene rings is 2. The second-order valence-corrected chi connectivity index (χ2v) is 16.0. The minimum absolute atomic E-state index is 0.515. The lowest BCUT2D eigenvalue weighted by atomic mass is 9.96. The average Bonchev–Trinajstić information content (AvgIpc) is 3.47. The fraction of sp³-hybridized carbons (Fsp3) is 0.694. The first-order chi connectivity index (χ1) is 25.2. The minimum Gasteiger partial charge on any atom is -0.234 e. The summed E-state index contributed by atoms with van der Waals surface area (Å²) in [4.78, 5) is 0. The maximum absolute atomic E-state index is 2.75. The van der Waals surface area contributed by atoms with Crippen LogP contribution in [-0.2, 0) is 25.9 Å². The molecule has 286 valence electrons. The standard InChI is InChI=1S/C49H81N2/c1-4-6-8-10-12-14-15-16-17-18-19-20-21-23-24-26-34-40-50-44-48(42-45(3)47-38-32-29-33-39-47)51(49(50)43-46-36-30-28-31-37-46)41-35-27-25-22-13-11-9-7-5-2/h28-33,36-39,44-45H,4-27,34-35,40-43H2,1-3H3/q+1. The molecule has 2 nitrogen and oxygen atoms in total. The highest BCUT2D eigenvalue weighted by Gasteiger charge is 2.25. The van der Waals surface area contributed by atoms with Crippen molar-refractivity contribution in [2.24, 2.45) is 0 Å². The van der Waals surface area contributed by atoms with Crippen molar-refractivity contribution in [1.29, 1.82) is 0 Å². The van der Waals surface area contributed by atoms with E-state index in [2.05, 4.69) is 96.8 Å². The molecule has 0 spiro atoms. The van der Waals surface area contributed by atoms with Gasteiger partial charge in [0.2, 0.25) is 0 Å². The Balaban J connectivity index is 1.49. The molecule has 0 aliphatic heterocycles. The second kappa shape index (κ2) is 29.1. The van der Waals surface area contributed by atoms with Crippen LogP contribution in [0.4, 0.5) is 0 Å². The molecule has 51 heavy (non-hydrogen) atoms. The molecule has 0 aliphatic rings. The van der Waals surface area contributed by atoms with Crippen LogP contribution in [0.5, 0.6) is 0 Å². The van der Waals surface area contributed by atoms with Crippen LogP contribution in [0.25, 0.3) is 0 Å². The van der Waals surface area contributed by atoms with E-state index in [1.165, 1.54) is 190 Å². The van der Waals surface area contributed by atoms with E-state index in [9.17, 15) is 0 Å². The molecule has 0 N–H and O–H groups in total. The van der Waals surface area contributed by atoms with Gasteiger partial charge in [0, 0.05) is 6.42 Å². The van der Waals surface area contributed by atoms with Gasteiger partial charge >= 0.3 is 0 Å². The number of rotatable bonds is 33. The molecule has 1 atom stereocenters. The van der Waals surface area contributed by atoms with Crippen LogP contribution in [-0.4, -0.2) is 4.57 Å². The molecule has 0 saturated heterocycles. The Morgan fingerprint density at radius 2 is 0.902 bits per heavy atom. The van der Waals surface area contributed by atoms with Crippen molar-refractivity contribution >= 4 is 0 Å². The summed E-state index contributed by atoms with van der Waals surface area (Å²) in [5, 5.41) is 0. The van der Waals surface area contributed by atoms with Crippen LogP contribution in [0.3, 0.4) is 0 Å². The van der Waals surface area contributed by atoms with E-state index in [4.69, 9.17) is 0 Å². The number of unbranched alkanes of at least 4 members (excludes halogenated alkanes) is 24. The van der Waals surface area contributed by atoms with Crippen LogP contribution in [0.15, 0.2) is 66.9 Å². The summed E-state index contributed by atoms with van der Waals surface area (Å²) in [5.74, 6) is 2.04. The predicted molar refractivity (Wildman–Crippen MR) is 224 cm³/mol. The van der Waals surface area contributed by atoms with Crippen molar-refractivity contribution in [3.05, 3.63) is 89.5 Å². The number of aryl methyl sites for hydroxylation is 1. The van der Waals surface area contributed by atoms with Crippen molar-refractivity contribution in [2.75, 3.05) is 0 Å². The molecule has 2 aromatic carbocycles.